The molecule has 8 heteroatoms. The van der Waals surface area contributed by atoms with Crippen molar-refractivity contribution in [1.29, 1.82) is 0 Å². The second-order valence-electron chi connectivity index (χ2n) is 7.14. The molecule has 3 aromatic carbocycles. The number of hydrogen-bond acceptors (Lipinski definition) is 5. The third-order valence-electron chi connectivity index (χ3n) is 4.83. The Bertz CT molecular complexity index is 1220. The van der Waals surface area contributed by atoms with Gasteiger partial charge in [-0.05, 0) is 60.5 Å². The zero-order chi connectivity index (χ0) is 24.5. The van der Waals surface area contributed by atoms with Gasteiger partial charge in [-0.1, -0.05) is 48.0 Å². The van der Waals surface area contributed by atoms with Crippen LogP contribution in [0, 0.1) is 0 Å². The van der Waals surface area contributed by atoms with E-state index in [0.717, 1.165) is 5.56 Å². The molecule has 2 N–H and O–H groups in total. The van der Waals surface area contributed by atoms with E-state index < -0.39 is 11.8 Å². The van der Waals surface area contributed by atoms with Crippen LogP contribution in [-0.4, -0.2) is 31.7 Å². The van der Waals surface area contributed by atoms with Crippen molar-refractivity contribution in [3.05, 3.63) is 100 Å². The van der Waals surface area contributed by atoms with Crippen LogP contribution in [0.5, 0.6) is 11.5 Å². The fraction of sp³-hybridized carbons (Fsp3) is 0.115. The van der Waals surface area contributed by atoms with Gasteiger partial charge >= 0.3 is 0 Å². The average Bonchev–Trinajstić information content (AvgIpc) is 2.87. The first-order valence-corrected chi connectivity index (χ1v) is 10.7. The second-order valence-corrected chi connectivity index (χ2v) is 7.57. The molecule has 0 saturated heterocycles. The van der Waals surface area contributed by atoms with Gasteiger partial charge in [-0.15, -0.1) is 0 Å². The molecule has 0 bridgehead atoms. The first kappa shape index (κ1) is 24.5. The first-order valence-electron chi connectivity index (χ1n) is 10.3. The van der Waals surface area contributed by atoms with Gasteiger partial charge in [0.2, 0.25) is 0 Å². The molecule has 3 rings (SSSR count). The van der Waals surface area contributed by atoms with Gasteiger partial charge in [-0.25, -0.2) is 5.43 Å². The van der Waals surface area contributed by atoms with Gasteiger partial charge in [0.25, 0.3) is 11.8 Å². The summed E-state index contributed by atoms with van der Waals surface area (Å²) < 4.78 is 10.6. The normalized spacial score (nSPS) is 11.5. The second kappa shape index (κ2) is 11.7. The fourth-order valence-corrected chi connectivity index (χ4v) is 3.13. The molecular weight excluding hydrogens is 454 g/mol. The summed E-state index contributed by atoms with van der Waals surface area (Å²) in [6, 6.07) is 20.8. The predicted molar refractivity (Wildman–Crippen MR) is 133 cm³/mol. The molecule has 0 unspecified atom stereocenters. The average molecular weight is 478 g/mol. The number of hydrazone groups is 1. The maximum absolute atomic E-state index is 13.0. The van der Waals surface area contributed by atoms with Crippen LogP contribution < -0.4 is 20.2 Å². The van der Waals surface area contributed by atoms with Crippen LogP contribution in [0.4, 0.5) is 0 Å². The Labute approximate surface area is 203 Å². The summed E-state index contributed by atoms with van der Waals surface area (Å²) in [4.78, 5) is 25.7. The van der Waals surface area contributed by atoms with Crippen molar-refractivity contribution in [2.75, 3.05) is 14.2 Å². The summed E-state index contributed by atoms with van der Waals surface area (Å²) >= 11 is 5.93. The Hall–Kier alpha value is -4.10. The minimum absolute atomic E-state index is 0.00808. The van der Waals surface area contributed by atoms with E-state index in [9.17, 15) is 9.59 Å². The molecule has 0 aliphatic carbocycles. The van der Waals surface area contributed by atoms with Gasteiger partial charge < -0.3 is 14.8 Å². The number of benzene rings is 3. The Balaban J connectivity index is 1.89. The highest BCUT2D eigenvalue weighted by Crippen LogP contribution is 2.28. The van der Waals surface area contributed by atoms with E-state index in [1.54, 1.807) is 79.7 Å². The van der Waals surface area contributed by atoms with Gasteiger partial charge in [-0.2, -0.15) is 5.10 Å². The number of halogens is 1. The highest BCUT2D eigenvalue weighted by atomic mass is 35.5. The maximum Gasteiger partial charge on any atom is 0.287 e. The highest BCUT2D eigenvalue weighted by molar-refractivity contribution is 6.30. The molecule has 0 radical (unpaired) electrons. The van der Waals surface area contributed by atoms with Crippen molar-refractivity contribution < 1.29 is 19.1 Å². The number of carbonyl (C=O) groups is 2. The molecule has 0 aliphatic rings. The summed E-state index contributed by atoms with van der Waals surface area (Å²) in [7, 11) is 3.05. The van der Waals surface area contributed by atoms with Crippen LogP contribution >= 0.6 is 11.6 Å². The molecule has 0 aromatic heterocycles. The third-order valence-corrected chi connectivity index (χ3v) is 5.09. The molecule has 0 heterocycles. The van der Waals surface area contributed by atoms with Crippen LogP contribution in [0.2, 0.25) is 5.02 Å². The number of hydrogen-bond donors (Lipinski definition) is 2. The molecule has 0 fully saturated rings. The first-order chi connectivity index (χ1) is 16.4. The van der Waals surface area contributed by atoms with E-state index in [-0.39, 0.29) is 5.70 Å². The summed E-state index contributed by atoms with van der Waals surface area (Å²) in [6.45, 7) is 1.75. The Kier molecular flexibility index (Phi) is 8.43. The van der Waals surface area contributed by atoms with Crippen molar-refractivity contribution in [3.8, 4) is 11.5 Å². The van der Waals surface area contributed by atoms with Crippen molar-refractivity contribution in [2.45, 2.75) is 6.92 Å². The Morgan fingerprint density at radius 2 is 1.56 bits per heavy atom. The zero-order valence-corrected chi connectivity index (χ0v) is 19.7. The van der Waals surface area contributed by atoms with Gasteiger partial charge in [0.05, 0.1) is 19.9 Å². The van der Waals surface area contributed by atoms with Crippen LogP contribution in [0.15, 0.2) is 83.6 Å². The van der Waals surface area contributed by atoms with Crippen molar-refractivity contribution in [1.82, 2.24) is 10.7 Å². The largest absolute Gasteiger partial charge is 0.493 e. The lowest BCUT2D eigenvalue weighted by molar-refractivity contribution is -0.117. The van der Waals surface area contributed by atoms with Gasteiger partial charge in [0.1, 0.15) is 5.70 Å². The molecule has 34 heavy (non-hydrogen) atoms. The Morgan fingerprint density at radius 3 is 2.21 bits per heavy atom. The molecule has 0 aliphatic heterocycles. The summed E-state index contributed by atoms with van der Waals surface area (Å²) in [5, 5.41) is 7.44. The molecule has 7 nitrogen and oxygen atoms in total. The van der Waals surface area contributed by atoms with E-state index >= 15 is 0 Å². The third kappa shape index (κ3) is 6.46. The highest BCUT2D eigenvalue weighted by Gasteiger charge is 2.15. The number of nitrogens with zero attached hydrogens (tertiary/aromatic N) is 1. The van der Waals surface area contributed by atoms with E-state index in [4.69, 9.17) is 21.1 Å². The summed E-state index contributed by atoms with van der Waals surface area (Å²) in [5.74, 6) is 0.0115. The van der Waals surface area contributed by atoms with E-state index in [0.29, 0.717) is 33.4 Å². The quantitative estimate of drug-likeness (QED) is 0.280. The molecule has 2 amide bonds. The van der Waals surface area contributed by atoms with Gasteiger partial charge in [0.15, 0.2) is 11.5 Å². The number of amides is 2. The summed E-state index contributed by atoms with van der Waals surface area (Å²) in [6.07, 6.45) is 1.53. The molecule has 0 atom stereocenters. The maximum atomic E-state index is 13.0. The molecule has 3 aromatic rings. The monoisotopic (exact) mass is 477 g/mol. The topological polar surface area (TPSA) is 89.0 Å². The van der Waals surface area contributed by atoms with Crippen LogP contribution in [-0.2, 0) is 4.79 Å². The van der Waals surface area contributed by atoms with Crippen molar-refractivity contribution >= 4 is 35.2 Å². The predicted octanol–water partition coefficient (Wildman–Crippen LogP) is 4.67. The van der Waals surface area contributed by atoms with Crippen molar-refractivity contribution in [2.24, 2.45) is 5.10 Å². The molecule has 0 spiro atoms. The number of rotatable bonds is 8. The molecule has 0 saturated carbocycles. The van der Waals surface area contributed by atoms with Crippen molar-refractivity contribution in [3.63, 3.8) is 0 Å². The molecule has 174 valence electrons. The van der Waals surface area contributed by atoms with E-state index in [2.05, 4.69) is 15.8 Å². The number of nitrogens with one attached hydrogen (secondary N) is 2. The van der Waals surface area contributed by atoms with E-state index in [1.165, 1.54) is 20.3 Å². The number of methoxy groups -OCH3 is 2. The van der Waals surface area contributed by atoms with E-state index in [1.807, 2.05) is 0 Å². The van der Waals surface area contributed by atoms with Gasteiger partial charge in [0, 0.05) is 10.6 Å². The number of ether oxygens (including phenoxy) is 2. The SMILES string of the molecule is COc1ccc(/C=C(/NC(=O)c2ccccc2)C(=O)N/N=C(/C)c2ccc(Cl)cc2)cc1OC. The lowest BCUT2D eigenvalue weighted by Gasteiger charge is -2.11. The standard InChI is InChI=1S/C26H24ClN3O4/c1-17(19-10-12-21(27)13-11-19)29-30-26(32)22(28-25(31)20-7-5-4-6-8-20)15-18-9-14-23(33-2)24(16-18)34-3/h4-16H,1-3H3,(H,28,31)(H,30,32)/b22-15+,29-17-. The molecular formula is C26H24ClN3O4. The van der Waals surface area contributed by atoms with Crippen LogP contribution in [0.3, 0.4) is 0 Å². The smallest absolute Gasteiger partial charge is 0.287 e. The fourth-order valence-electron chi connectivity index (χ4n) is 3.00. The Morgan fingerprint density at radius 1 is 0.882 bits per heavy atom. The van der Waals surface area contributed by atoms with Crippen LogP contribution in [0.1, 0.15) is 28.4 Å². The minimum Gasteiger partial charge on any atom is -0.493 e. The number of carbonyl (C=O) groups excluding carboxylic acids is 2. The zero-order valence-electron chi connectivity index (χ0n) is 19.0. The minimum atomic E-state index is -0.590. The lowest BCUT2D eigenvalue weighted by Crippen LogP contribution is -2.33. The van der Waals surface area contributed by atoms with Crippen LogP contribution in [0.25, 0.3) is 6.08 Å². The lowest BCUT2D eigenvalue weighted by atomic mass is 10.1. The van der Waals surface area contributed by atoms with Gasteiger partial charge in [-0.3, -0.25) is 9.59 Å². The summed E-state index contributed by atoms with van der Waals surface area (Å²) in [5.41, 5.74) is 4.91.